The van der Waals surface area contributed by atoms with Crippen molar-refractivity contribution < 1.29 is 19.1 Å². The fourth-order valence-corrected chi connectivity index (χ4v) is 3.52. The predicted octanol–water partition coefficient (Wildman–Crippen LogP) is 6.91. The molecule has 0 amide bonds. The summed E-state index contributed by atoms with van der Waals surface area (Å²) in [7, 11) is 2.77. The van der Waals surface area contributed by atoms with Crippen molar-refractivity contribution in [2.75, 3.05) is 14.2 Å². The summed E-state index contributed by atoms with van der Waals surface area (Å²) in [5.41, 5.74) is 1.04. The van der Waals surface area contributed by atoms with Gasteiger partial charge in [-0.25, -0.2) is 9.59 Å². The van der Waals surface area contributed by atoms with E-state index in [1.807, 2.05) is 0 Å². The summed E-state index contributed by atoms with van der Waals surface area (Å²) in [5, 5.41) is 0. The van der Waals surface area contributed by atoms with Gasteiger partial charge in [-0.05, 0) is 25.7 Å². The molecule has 0 aliphatic rings. The van der Waals surface area contributed by atoms with Crippen LogP contribution in [0.3, 0.4) is 0 Å². The van der Waals surface area contributed by atoms with E-state index in [0.29, 0.717) is 24.0 Å². The van der Waals surface area contributed by atoms with Crippen LogP contribution in [-0.4, -0.2) is 26.2 Å². The first-order valence-corrected chi connectivity index (χ1v) is 11.5. The van der Waals surface area contributed by atoms with Crippen molar-refractivity contribution in [3.63, 3.8) is 0 Å². The molecule has 4 heteroatoms. The van der Waals surface area contributed by atoms with Crippen LogP contribution >= 0.6 is 0 Å². The van der Waals surface area contributed by atoms with E-state index >= 15 is 0 Å². The summed E-state index contributed by atoms with van der Waals surface area (Å²) in [6.45, 7) is 4.43. The summed E-state index contributed by atoms with van der Waals surface area (Å²) in [5.74, 6) is -0.761. The Bertz CT molecular complexity index is 440. The Kier molecular flexibility index (Phi) is 18.1. The number of esters is 2. The van der Waals surface area contributed by atoms with Gasteiger partial charge >= 0.3 is 11.9 Å². The van der Waals surface area contributed by atoms with Crippen molar-refractivity contribution in [3.05, 3.63) is 11.1 Å². The molecule has 28 heavy (non-hydrogen) atoms. The fraction of sp³-hybridized carbons (Fsp3) is 0.833. The average Bonchev–Trinajstić information content (AvgIpc) is 2.72. The molecule has 4 nitrogen and oxygen atoms in total. The molecular formula is C24H44O4. The first-order chi connectivity index (χ1) is 13.6. The standard InChI is InChI=1S/C24H44O4/c1-5-7-9-11-13-14-16-18-20-22(24(26)28-4)21(23(25)27-3)19-17-15-12-10-8-6-2/h5-20H2,1-4H3. The maximum atomic E-state index is 12.3. The molecule has 0 saturated heterocycles. The summed E-state index contributed by atoms with van der Waals surface area (Å²) < 4.78 is 9.93. The van der Waals surface area contributed by atoms with Crippen LogP contribution in [0, 0.1) is 0 Å². The zero-order chi connectivity index (χ0) is 21.0. The number of rotatable bonds is 18. The third-order valence-electron chi connectivity index (χ3n) is 5.29. The number of hydrogen-bond donors (Lipinski definition) is 0. The molecule has 0 radical (unpaired) electrons. The number of carbonyl (C=O) groups excluding carboxylic acids is 2. The first kappa shape index (κ1) is 26.7. The molecule has 0 aliphatic carbocycles. The Hall–Kier alpha value is -1.32. The minimum atomic E-state index is -0.381. The van der Waals surface area contributed by atoms with Crippen molar-refractivity contribution in [2.45, 2.75) is 117 Å². The molecule has 0 N–H and O–H groups in total. The topological polar surface area (TPSA) is 52.6 Å². The van der Waals surface area contributed by atoms with Gasteiger partial charge in [0.1, 0.15) is 0 Å². The lowest BCUT2D eigenvalue weighted by Crippen LogP contribution is -2.15. The van der Waals surface area contributed by atoms with Crippen LogP contribution in [0.2, 0.25) is 0 Å². The number of unbranched alkanes of at least 4 members (excludes halogenated alkanes) is 12. The maximum absolute atomic E-state index is 12.3. The highest BCUT2D eigenvalue weighted by Crippen LogP contribution is 2.22. The van der Waals surface area contributed by atoms with Gasteiger partial charge in [-0.3, -0.25) is 0 Å². The molecule has 0 spiro atoms. The van der Waals surface area contributed by atoms with Crippen LogP contribution in [0.15, 0.2) is 11.1 Å². The number of hydrogen-bond acceptors (Lipinski definition) is 4. The summed E-state index contributed by atoms with van der Waals surface area (Å²) >= 11 is 0. The van der Waals surface area contributed by atoms with Crippen molar-refractivity contribution in [1.82, 2.24) is 0 Å². The van der Waals surface area contributed by atoms with Gasteiger partial charge in [0.2, 0.25) is 0 Å². The summed E-state index contributed by atoms with van der Waals surface area (Å²) in [4.78, 5) is 24.6. The molecule has 0 bridgehead atoms. The maximum Gasteiger partial charge on any atom is 0.334 e. The van der Waals surface area contributed by atoms with E-state index in [4.69, 9.17) is 9.47 Å². The second-order valence-corrected chi connectivity index (χ2v) is 7.68. The number of ether oxygens (including phenoxy) is 2. The second-order valence-electron chi connectivity index (χ2n) is 7.68. The van der Waals surface area contributed by atoms with Crippen molar-refractivity contribution >= 4 is 11.9 Å². The minimum absolute atomic E-state index is 0.380. The van der Waals surface area contributed by atoms with Gasteiger partial charge in [0.15, 0.2) is 0 Å². The van der Waals surface area contributed by atoms with Gasteiger partial charge in [-0.15, -0.1) is 0 Å². The molecule has 0 aromatic rings. The number of carbonyl (C=O) groups is 2. The molecule has 0 saturated carbocycles. The zero-order valence-electron chi connectivity index (χ0n) is 18.9. The smallest absolute Gasteiger partial charge is 0.334 e. The molecule has 164 valence electrons. The van der Waals surface area contributed by atoms with Crippen molar-refractivity contribution in [2.24, 2.45) is 0 Å². The van der Waals surface area contributed by atoms with Gasteiger partial charge in [-0.2, -0.15) is 0 Å². The fourth-order valence-electron chi connectivity index (χ4n) is 3.52. The third kappa shape index (κ3) is 13.0. The normalized spacial score (nSPS) is 11.9. The van der Waals surface area contributed by atoms with Crippen LogP contribution in [-0.2, 0) is 19.1 Å². The number of methoxy groups -OCH3 is 2. The van der Waals surface area contributed by atoms with Crippen molar-refractivity contribution in [3.8, 4) is 0 Å². The third-order valence-corrected chi connectivity index (χ3v) is 5.29. The molecule has 0 heterocycles. The van der Waals surface area contributed by atoms with Crippen molar-refractivity contribution in [1.29, 1.82) is 0 Å². The Morgan fingerprint density at radius 3 is 1.07 bits per heavy atom. The molecular weight excluding hydrogens is 352 g/mol. The molecule has 0 fully saturated rings. The van der Waals surface area contributed by atoms with E-state index in [2.05, 4.69) is 13.8 Å². The molecule has 0 aromatic heterocycles. The van der Waals surface area contributed by atoms with Crippen LogP contribution in [0.5, 0.6) is 0 Å². The summed E-state index contributed by atoms with van der Waals surface area (Å²) in [6.07, 6.45) is 17.7. The van der Waals surface area contributed by atoms with E-state index in [0.717, 1.165) is 25.7 Å². The SMILES string of the molecule is CCCCCCCCCCC(C(=O)OC)=C(CCCCCCCC)C(=O)OC. The molecule has 0 rings (SSSR count). The van der Waals surface area contributed by atoms with E-state index in [1.165, 1.54) is 78.4 Å². The highest BCUT2D eigenvalue weighted by atomic mass is 16.5. The van der Waals surface area contributed by atoms with E-state index in [1.54, 1.807) is 0 Å². The lowest BCUT2D eigenvalue weighted by atomic mass is 9.96. The Morgan fingerprint density at radius 1 is 0.500 bits per heavy atom. The lowest BCUT2D eigenvalue weighted by molar-refractivity contribution is -0.139. The highest BCUT2D eigenvalue weighted by molar-refractivity contribution is 6.00. The Labute approximate surface area is 173 Å². The van der Waals surface area contributed by atoms with E-state index in [9.17, 15) is 9.59 Å². The van der Waals surface area contributed by atoms with Crippen LogP contribution in [0.25, 0.3) is 0 Å². The van der Waals surface area contributed by atoms with Gasteiger partial charge in [0.05, 0.1) is 14.2 Å². The monoisotopic (exact) mass is 396 g/mol. The van der Waals surface area contributed by atoms with Gasteiger partial charge in [0.25, 0.3) is 0 Å². The van der Waals surface area contributed by atoms with E-state index < -0.39 is 0 Å². The highest BCUT2D eigenvalue weighted by Gasteiger charge is 2.21. The zero-order valence-corrected chi connectivity index (χ0v) is 18.9. The van der Waals surface area contributed by atoms with Gasteiger partial charge < -0.3 is 9.47 Å². The first-order valence-electron chi connectivity index (χ1n) is 11.5. The van der Waals surface area contributed by atoms with Gasteiger partial charge in [-0.1, -0.05) is 90.9 Å². The van der Waals surface area contributed by atoms with Crippen LogP contribution in [0.1, 0.15) is 117 Å². The van der Waals surface area contributed by atoms with Crippen LogP contribution < -0.4 is 0 Å². The predicted molar refractivity (Wildman–Crippen MR) is 116 cm³/mol. The molecule has 0 atom stereocenters. The molecule has 0 aromatic carbocycles. The second kappa shape index (κ2) is 19.0. The lowest BCUT2D eigenvalue weighted by Gasteiger charge is -2.13. The quantitative estimate of drug-likeness (QED) is 0.143. The Morgan fingerprint density at radius 2 is 0.786 bits per heavy atom. The molecule has 0 unspecified atom stereocenters. The molecule has 0 aliphatic heterocycles. The van der Waals surface area contributed by atoms with Gasteiger partial charge in [0, 0.05) is 11.1 Å². The van der Waals surface area contributed by atoms with Crippen LogP contribution in [0.4, 0.5) is 0 Å². The average molecular weight is 397 g/mol. The summed E-state index contributed by atoms with van der Waals surface area (Å²) in [6, 6.07) is 0. The Balaban J connectivity index is 4.65. The minimum Gasteiger partial charge on any atom is -0.466 e. The largest absolute Gasteiger partial charge is 0.466 e. The van der Waals surface area contributed by atoms with E-state index in [-0.39, 0.29) is 11.9 Å².